The van der Waals surface area contributed by atoms with Crippen molar-refractivity contribution < 1.29 is 0 Å². The van der Waals surface area contributed by atoms with Gasteiger partial charge in [0.15, 0.2) is 5.65 Å². The first-order valence-electron chi connectivity index (χ1n) is 6.21. The Labute approximate surface area is 120 Å². The van der Waals surface area contributed by atoms with E-state index in [0.717, 1.165) is 16.8 Å². The maximum atomic E-state index is 9.47. The van der Waals surface area contributed by atoms with Crippen LogP contribution in [-0.2, 0) is 0 Å². The van der Waals surface area contributed by atoms with Crippen molar-refractivity contribution in [3.05, 3.63) is 47.3 Å². The maximum absolute atomic E-state index is 9.47. The van der Waals surface area contributed by atoms with E-state index in [9.17, 15) is 5.26 Å². The van der Waals surface area contributed by atoms with Gasteiger partial charge in [0.1, 0.15) is 23.5 Å². The van der Waals surface area contributed by atoms with E-state index in [1.165, 1.54) is 0 Å². The van der Waals surface area contributed by atoms with E-state index in [-0.39, 0.29) is 11.5 Å². The van der Waals surface area contributed by atoms with Gasteiger partial charge in [-0.15, -0.1) is 10.2 Å². The number of hydrogen-bond donors (Lipinski definition) is 1. The zero-order valence-corrected chi connectivity index (χ0v) is 11.2. The van der Waals surface area contributed by atoms with Gasteiger partial charge in [-0.05, 0) is 12.5 Å². The highest BCUT2D eigenvalue weighted by Crippen LogP contribution is 2.32. The third-order valence-corrected chi connectivity index (χ3v) is 3.39. The lowest BCUT2D eigenvalue weighted by molar-refractivity contribution is 0.956. The van der Waals surface area contributed by atoms with Crippen LogP contribution >= 0.6 is 0 Å². The van der Waals surface area contributed by atoms with E-state index in [1.807, 2.05) is 43.3 Å². The largest absolute Gasteiger partial charge is 0.382 e. The summed E-state index contributed by atoms with van der Waals surface area (Å²) in [6.07, 6.45) is 0. The third-order valence-electron chi connectivity index (χ3n) is 3.39. The Bertz CT molecular complexity index is 925. The normalized spacial score (nSPS) is 10.2. The minimum absolute atomic E-state index is 0.0460. The van der Waals surface area contributed by atoms with Crippen LogP contribution in [-0.4, -0.2) is 14.6 Å². The fourth-order valence-electron chi connectivity index (χ4n) is 2.46. The van der Waals surface area contributed by atoms with Gasteiger partial charge in [-0.3, -0.25) is 4.40 Å². The molecule has 100 valence electrons. The topological polar surface area (TPSA) is 104 Å². The van der Waals surface area contributed by atoms with E-state index in [2.05, 4.69) is 16.3 Å². The highest BCUT2D eigenvalue weighted by atomic mass is 15.2. The number of benzene rings is 1. The molecule has 0 aliphatic heterocycles. The van der Waals surface area contributed by atoms with Gasteiger partial charge in [0.05, 0.1) is 0 Å². The molecule has 0 fully saturated rings. The van der Waals surface area contributed by atoms with Crippen LogP contribution in [0.25, 0.3) is 16.8 Å². The molecule has 0 bridgehead atoms. The Kier molecular flexibility index (Phi) is 2.78. The van der Waals surface area contributed by atoms with Gasteiger partial charge in [0.2, 0.25) is 5.69 Å². The predicted octanol–water partition coefficient (Wildman–Crippen LogP) is 2.03. The lowest BCUT2D eigenvalue weighted by Crippen LogP contribution is -2.06. The molecule has 6 nitrogen and oxygen atoms in total. The lowest BCUT2D eigenvalue weighted by atomic mass is 10.0. The number of nitrogens with zero attached hydrogens (tertiary/aromatic N) is 5. The summed E-state index contributed by atoms with van der Waals surface area (Å²) in [5, 5.41) is 26.2. The fourth-order valence-corrected chi connectivity index (χ4v) is 2.46. The Morgan fingerprint density at radius 3 is 2.43 bits per heavy atom. The summed E-state index contributed by atoms with van der Waals surface area (Å²) in [6, 6.07) is 13.6. The average molecular weight is 274 g/mol. The van der Waals surface area contributed by atoms with Crippen molar-refractivity contribution in [2.24, 2.45) is 0 Å². The highest BCUT2D eigenvalue weighted by molar-refractivity contribution is 5.82. The van der Waals surface area contributed by atoms with Crippen molar-refractivity contribution in [3.8, 4) is 23.3 Å². The predicted molar refractivity (Wildman–Crippen MR) is 77.0 cm³/mol. The number of rotatable bonds is 1. The molecule has 2 N–H and O–H groups in total. The number of aromatic nitrogens is 3. The molecular weight excluding hydrogens is 264 g/mol. The van der Waals surface area contributed by atoms with E-state index < -0.39 is 0 Å². The van der Waals surface area contributed by atoms with E-state index in [1.54, 1.807) is 4.40 Å². The average Bonchev–Trinajstić information content (AvgIpc) is 2.81. The Hall–Kier alpha value is -3.38. The molecule has 0 spiro atoms. The van der Waals surface area contributed by atoms with Crippen molar-refractivity contribution in [2.75, 3.05) is 5.73 Å². The van der Waals surface area contributed by atoms with Gasteiger partial charge in [0.25, 0.3) is 0 Å². The van der Waals surface area contributed by atoms with Crippen molar-refractivity contribution in [1.82, 2.24) is 14.6 Å². The van der Waals surface area contributed by atoms with Crippen molar-refractivity contribution in [2.45, 2.75) is 6.92 Å². The van der Waals surface area contributed by atoms with E-state index in [4.69, 9.17) is 11.0 Å². The van der Waals surface area contributed by atoms with Gasteiger partial charge in [-0.2, -0.15) is 10.5 Å². The van der Waals surface area contributed by atoms with E-state index >= 15 is 0 Å². The molecule has 0 aliphatic carbocycles. The first kappa shape index (κ1) is 12.6. The van der Waals surface area contributed by atoms with Crippen LogP contribution in [0.1, 0.15) is 17.0 Å². The lowest BCUT2D eigenvalue weighted by Gasteiger charge is -2.04. The number of nitrogens with two attached hydrogens (primary N) is 1. The Balaban J connectivity index is 2.48. The Morgan fingerprint density at radius 2 is 1.81 bits per heavy atom. The first-order chi connectivity index (χ1) is 10.2. The smallest absolute Gasteiger partial charge is 0.203 e. The molecular formula is C15H10N6. The molecule has 2 heterocycles. The summed E-state index contributed by atoms with van der Waals surface area (Å²) < 4.78 is 1.60. The summed E-state index contributed by atoms with van der Waals surface area (Å²) in [6.45, 7) is 1.84. The Morgan fingerprint density at radius 1 is 1.10 bits per heavy atom. The zero-order valence-electron chi connectivity index (χ0n) is 11.2. The standard InChI is InChI=1S/C15H10N6/c1-9-13(10-5-3-2-4-6-10)11(7-16)15-20-19-12(8-17)14(18)21(9)15/h2-6H,18H2,1H3. The summed E-state index contributed by atoms with van der Waals surface area (Å²) in [5.74, 6) is 0.193. The second-order valence-corrected chi connectivity index (χ2v) is 4.52. The maximum Gasteiger partial charge on any atom is 0.203 e. The molecule has 3 rings (SSSR count). The highest BCUT2D eigenvalue weighted by Gasteiger charge is 2.21. The number of aryl methyl sites for hydroxylation is 1. The molecule has 0 atom stereocenters. The summed E-state index contributed by atoms with van der Waals surface area (Å²) >= 11 is 0. The molecule has 3 aromatic rings. The molecule has 0 amide bonds. The monoisotopic (exact) mass is 274 g/mol. The minimum atomic E-state index is 0.0460. The summed E-state index contributed by atoms with van der Waals surface area (Å²) in [5.41, 5.74) is 9.21. The van der Waals surface area contributed by atoms with Gasteiger partial charge in [0, 0.05) is 11.3 Å². The minimum Gasteiger partial charge on any atom is -0.382 e. The number of anilines is 1. The van der Waals surface area contributed by atoms with Gasteiger partial charge in [-0.25, -0.2) is 0 Å². The molecule has 21 heavy (non-hydrogen) atoms. The van der Waals surface area contributed by atoms with Crippen LogP contribution in [0.5, 0.6) is 0 Å². The molecule has 0 unspecified atom stereocenters. The van der Waals surface area contributed by atoms with Gasteiger partial charge >= 0.3 is 0 Å². The van der Waals surface area contributed by atoms with E-state index in [0.29, 0.717) is 11.2 Å². The number of nitrogen functional groups attached to an aromatic ring is 1. The van der Waals surface area contributed by atoms with Crippen molar-refractivity contribution >= 4 is 11.5 Å². The van der Waals surface area contributed by atoms with Crippen LogP contribution in [0.4, 0.5) is 5.82 Å². The molecule has 2 aromatic heterocycles. The molecule has 6 heteroatoms. The molecule has 1 aromatic carbocycles. The van der Waals surface area contributed by atoms with Crippen LogP contribution in [0.3, 0.4) is 0 Å². The molecule has 0 saturated heterocycles. The summed E-state index contributed by atoms with van der Waals surface area (Å²) in [7, 11) is 0. The number of nitriles is 2. The van der Waals surface area contributed by atoms with Crippen LogP contribution < -0.4 is 5.73 Å². The number of fused-ring (bicyclic) bond motifs is 1. The van der Waals surface area contributed by atoms with Crippen LogP contribution in [0, 0.1) is 29.6 Å². The van der Waals surface area contributed by atoms with Crippen molar-refractivity contribution in [3.63, 3.8) is 0 Å². The van der Waals surface area contributed by atoms with Crippen LogP contribution in [0.2, 0.25) is 0 Å². The third kappa shape index (κ3) is 1.71. The van der Waals surface area contributed by atoms with Gasteiger partial charge < -0.3 is 5.73 Å². The van der Waals surface area contributed by atoms with Crippen molar-refractivity contribution in [1.29, 1.82) is 10.5 Å². The zero-order chi connectivity index (χ0) is 15.0. The number of hydrogen-bond acceptors (Lipinski definition) is 5. The second-order valence-electron chi connectivity index (χ2n) is 4.52. The summed E-state index contributed by atoms with van der Waals surface area (Å²) in [4.78, 5) is 0. The van der Waals surface area contributed by atoms with Gasteiger partial charge in [-0.1, -0.05) is 30.3 Å². The fraction of sp³-hybridized carbons (Fsp3) is 0.0667. The first-order valence-corrected chi connectivity index (χ1v) is 6.21. The molecule has 0 aliphatic rings. The molecule has 0 radical (unpaired) electrons. The molecule has 0 saturated carbocycles. The quantitative estimate of drug-likeness (QED) is 0.731. The van der Waals surface area contributed by atoms with Crippen LogP contribution in [0.15, 0.2) is 30.3 Å². The SMILES string of the molecule is Cc1c(-c2ccccc2)c(C#N)c2nnc(C#N)c(N)n12. The second kappa shape index (κ2) is 4.62.